The number of nitrogens with zero attached hydrogens (tertiary/aromatic N) is 3. The van der Waals surface area contributed by atoms with Crippen molar-refractivity contribution in [2.75, 3.05) is 0 Å². The molecule has 0 aliphatic carbocycles. The SMILES string of the molecule is Cc1noc2nc(-c3cccs3)cc(C(=O)OCc3ccccn3)c12. The van der Waals surface area contributed by atoms with Crippen LogP contribution < -0.4 is 0 Å². The number of pyridine rings is 2. The second-order valence-electron chi connectivity index (χ2n) is 5.38. The van der Waals surface area contributed by atoms with Gasteiger partial charge in [0.15, 0.2) is 0 Å². The summed E-state index contributed by atoms with van der Waals surface area (Å²) in [6.45, 7) is 1.87. The summed E-state index contributed by atoms with van der Waals surface area (Å²) in [5.41, 5.74) is 2.66. The van der Waals surface area contributed by atoms with Crippen LogP contribution in [0, 0.1) is 6.92 Å². The van der Waals surface area contributed by atoms with Crippen molar-refractivity contribution in [3.05, 3.63) is 64.9 Å². The number of thiophene rings is 1. The van der Waals surface area contributed by atoms with Gasteiger partial charge in [0, 0.05) is 6.20 Å². The Kier molecular flexibility index (Phi) is 3.99. The topological polar surface area (TPSA) is 78.1 Å². The van der Waals surface area contributed by atoms with E-state index >= 15 is 0 Å². The molecule has 0 amide bonds. The molecule has 0 bridgehead atoms. The molecule has 0 atom stereocenters. The highest BCUT2D eigenvalue weighted by atomic mass is 32.1. The molecule has 0 saturated heterocycles. The van der Waals surface area contributed by atoms with E-state index in [-0.39, 0.29) is 6.61 Å². The van der Waals surface area contributed by atoms with E-state index in [4.69, 9.17) is 9.26 Å². The Morgan fingerprint density at radius 3 is 2.96 bits per heavy atom. The van der Waals surface area contributed by atoms with Crippen LogP contribution in [0.5, 0.6) is 0 Å². The third-order valence-corrected chi connectivity index (χ3v) is 4.58. The first kappa shape index (κ1) is 15.5. The molecule has 4 aromatic heterocycles. The number of carbonyl (C=O) groups is 1. The lowest BCUT2D eigenvalue weighted by atomic mass is 10.1. The van der Waals surface area contributed by atoms with Gasteiger partial charge in [0.1, 0.15) is 6.61 Å². The Balaban J connectivity index is 1.71. The maximum Gasteiger partial charge on any atom is 0.339 e. The standard InChI is InChI=1S/C18H13N3O3S/c1-11-16-13(18(22)23-10-12-5-2-3-7-19-12)9-14(15-6-4-8-25-15)20-17(16)24-21-11/h2-9H,10H2,1H3. The first-order chi connectivity index (χ1) is 12.2. The summed E-state index contributed by atoms with van der Waals surface area (Å²) in [5, 5.41) is 6.45. The highest BCUT2D eigenvalue weighted by Gasteiger charge is 2.20. The minimum absolute atomic E-state index is 0.0994. The summed E-state index contributed by atoms with van der Waals surface area (Å²) in [4.78, 5) is 22.2. The van der Waals surface area contributed by atoms with Gasteiger partial charge >= 0.3 is 5.97 Å². The van der Waals surface area contributed by atoms with Gasteiger partial charge < -0.3 is 9.26 Å². The highest BCUT2D eigenvalue weighted by molar-refractivity contribution is 7.13. The van der Waals surface area contributed by atoms with Crippen molar-refractivity contribution in [2.24, 2.45) is 0 Å². The molecule has 0 spiro atoms. The summed E-state index contributed by atoms with van der Waals surface area (Å²) in [7, 11) is 0. The number of hydrogen-bond acceptors (Lipinski definition) is 7. The number of aromatic nitrogens is 3. The summed E-state index contributed by atoms with van der Waals surface area (Å²) in [6, 6.07) is 11.0. The minimum atomic E-state index is -0.456. The van der Waals surface area contributed by atoms with Crippen LogP contribution in [0.1, 0.15) is 21.7 Å². The molecular weight excluding hydrogens is 338 g/mol. The largest absolute Gasteiger partial charge is 0.456 e. The van der Waals surface area contributed by atoms with Crippen molar-refractivity contribution in [3.63, 3.8) is 0 Å². The van der Waals surface area contributed by atoms with Crippen LogP contribution in [0.3, 0.4) is 0 Å². The lowest BCUT2D eigenvalue weighted by Crippen LogP contribution is -2.07. The fourth-order valence-electron chi connectivity index (χ4n) is 2.51. The van der Waals surface area contributed by atoms with E-state index in [1.54, 1.807) is 25.3 Å². The molecule has 124 valence electrons. The number of carbonyl (C=O) groups excluding carboxylic acids is 1. The van der Waals surface area contributed by atoms with Gasteiger partial charge in [0.05, 0.1) is 32.9 Å². The van der Waals surface area contributed by atoms with E-state index < -0.39 is 5.97 Å². The van der Waals surface area contributed by atoms with Crippen LogP contribution in [-0.2, 0) is 11.3 Å². The van der Waals surface area contributed by atoms with Gasteiger partial charge in [-0.05, 0) is 36.6 Å². The van der Waals surface area contributed by atoms with Crippen LogP contribution in [0.25, 0.3) is 21.7 Å². The highest BCUT2D eigenvalue weighted by Crippen LogP contribution is 2.29. The average Bonchev–Trinajstić information content (AvgIpc) is 3.30. The molecule has 4 heterocycles. The van der Waals surface area contributed by atoms with Crippen molar-refractivity contribution in [1.29, 1.82) is 0 Å². The quantitative estimate of drug-likeness (QED) is 0.517. The minimum Gasteiger partial charge on any atom is -0.456 e. The molecule has 0 N–H and O–H groups in total. The number of esters is 1. The molecule has 6 nitrogen and oxygen atoms in total. The van der Waals surface area contributed by atoms with E-state index in [1.165, 1.54) is 11.3 Å². The number of rotatable bonds is 4. The van der Waals surface area contributed by atoms with Gasteiger partial charge in [-0.3, -0.25) is 4.98 Å². The zero-order valence-corrected chi connectivity index (χ0v) is 14.1. The van der Waals surface area contributed by atoms with Crippen LogP contribution in [-0.4, -0.2) is 21.1 Å². The fourth-order valence-corrected chi connectivity index (χ4v) is 3.19. The molecular formula is C18H13N3O3S. The van der Waals surface area contributed by atoms with Gasteiger partial charge in [-0.15, -0.1) is 11.3 Å². The molecule has 25 heavy (non-hydrogen) atoms. The second-order valence-corrected chi connectivity index (χ2v) is 6.33. The third-order valence-electron chi connectivity index (χ3n) is 3.69. The number of fused-ring (bicyclic) bond motifs is 1. The molecule has 4 aromatic rings. The van der Waals surface area contributed by atoms with Crippen molar-refractivity contribution in [1.82, 2.24) is 15.1 Å². The molecule has 4 rings (SSSR count). The lowest BCUT2D eigenvalue weighted by molar-refractivity contribution is 0.0470. The Hall–Kier alpha value is -3.06. The van der Waals surface area contributed by atoms with Crippen LogP contribution in [0.15, 0.2) is 52.5 Å². The summed E-state index contributed by atoms with van der Waals surface area (Å²) < 4.78 is 10.7. The molecule has 0 unspecified atom stereocenters. The molecule has 0 saturated carbocycles. The number of ether oxygens (including phenoxy) is 1. The van der Waals surface area contributed by atoms with Gasteiger partial charge in [0.2, 0.25) is 0 Å². The van der Waals surface area contributed by atoms with E-state index in [0.717, 1.165) is 4.88 Å². The second kappa shape index (κ2) is 6.45. The monoisotopic (exact) mass is 351 g/mol. The fraction of sp³-hybridized carbons (Fsp3) is 0.111. The van der Waals surface area contributed by atoms with Crippen molar-refractivity contribution < 1.29 is 14.1 Å². The first-order valence-corrected chi connectivity index (χ1v) is 8.48. The summed E-state index contributed by atoms with van der Waals surface area (Å²) >= 11 is 1.54. The van der Waals surface area contributed by atoms with Crippen molar-refractivity contribution in [2.45, 2.75) is 13.5 Å². The Morgan fingerprint density at radius 1 is 1.28 bits per heavy atom. The summed E-state index contributed by atoms with van der Waals surface area (Å²) in [6.07, 6.45) is 1.66. The average molecular weight is 351 g/mol. The van der Waals surface area contributed by atoms with Crippen LogP contribution in [0.2, 0.25) is 0 Å². The number of hydrogen-bond donors (Lipinski definition) is 0. The first-order valence-electron chi connectivity index (χ1n) is 7.60. The van der Waals surface area contributed by atoms with Gasteiger partial charge in [-0.2, -0.15) is 0 Å². The van der Waals surface area contributed by atoms with Gasteiger partial charge in [-0.25, -0.2) is 9.78 Å². The van der Waals surface area contributed by atoms with E-state index in [0.29, 0.717) is 33.7 Å². The predicted molar refractivity (Wildman–Crippen MR) is 93.2 cm³/mol. The lowest BCUT2D eigenvalue weighted by Gasteiger charge is -2.07. The molecule has 0 aromatic carbocycles. The van der Waals surface area contributed by atoms with E-state index in [9.17, 15) is 4.79 Å². The zero-order chi connectivity index (χ0) is 17.2. The van der Waals surface area contributed by atoms with Crippen LogP contribution >= 0.6 is 11.3 Å². The normalized spacial score (nSPS) is 10.9. The predicted octanol–water partition coefficient (Wildman–Crippen LogP) is 4.01. The molecule has 0 aliphatic rings. The Bertz CT molecular complexity index is 1030. The zero-order valence-electron chi connectivity index (χ0n) is 13.3. The van der Waals surface area contributed by atoms with Crippen LogP contribution in [0.4, 0.5) is 0 Å². The summed E-state index contributed by atoms with van der Waals surface area (Å²) in [5.74, 6) is -0.456. The Labute approximate surface area is 147 Å². The molecule has 0 aliphatic heterocycles. The molecule has 7 heteroatoms. The third kappa shape index (κ3) is 3.01. The van der Waals surface area contributed by atoms with Crippen molar-refractivity contribution >= 4 is 28.4 Å². The van der Waals surface area contributed by atoms with Gasteiger partial charge in [-0.1, -0.05) is 17.3 Å². The molecule has 0 fully saturated rings. The van der Waals surface area contributed by atoms with Crippen molar-refractivity contribution in [3.8, 4) is 10.6 Å². The number of aryl methyl sites for hydroxylation is 1. The van der Waals surface area contributed by atoms with Gasteiger partial charge in [0.25, 0.3) is 5.71 Å². The molecule has 0 radical (unpaired) electrons. The smallest absolute Gasteiger partial charge is 0.339 e. The maximum absolute atomic E-state index is 12.7. The maximum atomic E-state index is 12.7. The van der Waals surface area contributed by atoms with E-state index in [2.05, 4.69) is 15.1 Å². The Morgan fingerprint density at radius 2 is 2.20 bits per heavy atom. The van der Waals surface area contributed by atoms with E-state index in [1.807, 2.05) is 29.6 Å².